The van der Waals surface area contributed by atoms with Crippen LogP contribution >= 0.6 is 0 Å². The summed E-state index contributed by atoms with van der Waals surface area (Å²) in [5.41, 5.74) is 0.0478. The van der Waals surface area contributed by atoms with E-state index in [1.165, 1.54) is 13.0 Å². The molecule has 1 N–H and O–H groups in total. The zero-order valence-electron chi connectivity index (χ0n) is 14.0. The lowest BCUT2D eigenvalue weighted by atomic mass is 9.97. The van der Waals surface area contributed by atoms with Crippen molar-refractivity contribution in [3.8, 4) is 6.07 Å². The molecular formula is C17H18FN5O2. The summed E-state index contributed by atoms with van der Waals surface area (Å²) in [6.07, 6.45) is 0.601. The highest BCUT2D eigenvalue weighted by Gasteiger charge is 2.44. The topological polar surface area (TPSA) is 95.1 Å². The number of amides is 1. The molecule has 1 fully saturated rings. The maximum atomic E-state index is 14.1. The summed E-state index contributed by atoms with van der Waals surface area (Å²) < 4.78 is 19.2. The van der Waals surface area contributed by atoms with E-state index in [2.05, 4.69) is 15.5 Å². The summed E-state index contributed by atoms with van der Waals surface area (Å²) in [5.74, 6) is 0.264. The average molecular weight is 343 g/mol. The van der Waals surface area contributed by atoms with Gasteiger partial charge in [0.1, 0.15) is 11.4 Å². The second-order valence-corrected chi connectivity index (χ2v) is 6.28. The Morgan fingerprint density at radius 2 is 2.36 bits per heavy atom. The zero-order valence-corrected chi connectivity index (χ0v) is 14.0. The van der Waals surface area contributed by atoms with Crippen LogP contribution in [0.4, 0.5) is 4.39 Å². The van der Waals surface area contributed by atoms with Crippen molar-refractivity contribution in [2.75, 3.05) is 13.1 Å². The molecule has 1 aromatic heterocycles. The number of hydrogen-bond donors (Lipinski definition) is 1. The van der Waals surface area contributed by atoms with E-state index < -0.39 is 11.4 Å². The van der Waals surface area contributed by atoms with Gasteiger partial charge in [0.25, 0.3) is 0 Å². The third-order valence-corrected chi connectivity index (χ3v) is 4.30. The molecule has 8 heteroatoms. The Bertz CT molecular complexity index is 844. The SMILES string of the molecule is CC(=O)N[C@]1(c2noc(C)n2)CCN(Cc2ccc(C#N)cc2F)C1. The minimum atomic E-state index is -0.743. The van der Waals surface area contributed by atoms with Gasteiger partial charge in [-0.2, -0.15) is 10.2 Å². The summed E-state index contributed by atoms with van der Waals surface area (Å²) in [5, 5.41) is 15.7. The Labute approximate surface area is 144 Å². The maximum absolute atomic E-state index is 14.1. The molecule has 1 aliphatic heterocycles. The summed E-state index contributed by atoms with van der Waals surface area (Å²) >= 11 is 0. The first-order valence-electron chi connectivity index (χ1n) is 7.92. The van der Waals surface area contributed by atoms with Gasteiger partial charge in [-0.15, -0.1) is 0 Å². The summed E-state index contributed by atoms with van der Waals surface area (Å²) in [6, 6.07) is 6.36. The average Bonchev–Trinajstić information content (AvgIpc) is 3.16. The van der Waals surface area contributed by atoms with Gasteiger partial charge in [0.2, 0.25) is 11.8 Å². The quantitative estimate of drug-likeness (QED) is 0.906. The molecule has 0 spiro atoms. The van der Waals surface area contributed by atoms with Crippen molar-refractivity contribution in [2.24, 2.45) is 0 Å². The van der Waals surface area contributed by atoms with Crippen LogP contribution in [0, 0.1) is 24.1 Å². The molecule has 0 aliphatic carbocycles. The smallest absolute Gasteiger partial charge is 0.223 e. The fourth-order valence-electron chi connectivity index (χ4n) is 3.18. The second-order valence-electron chi connectivity index (χ2n) is 6.28. The lowest BCUT2D eigenvalue weighted by molar-refractivity contribution is -0.121. The number of aromatic nitrogens is 2. The van der Waals surface area contributed by atoms with Crippen molar-refractivity contribution in [1.82, 2.24) is 20.4 Å². The number of halogens is 1. The Kier molecular flexibility index (Phi) is 4.51. The van der Waals surface area contributed by atoms with Gasteiger partial charge in [-0.3, -0.25) is 9.69 Å². The van der Waals surface area contributed by atoms with E-state index in [9.17, 15) is 9.18 Å². The fourth-order valence-corrected chi connectivity index (χ4v) is 3.18. The number of nitrogens with zero attached hydrogens (tertiary/aromatic N) is 4. The summed E-state index contributed by atoms with van der Waals surface area (Å²) in [4.78, 5) is 18.0. The number of nitrogens with one attached hydrogen (secondary N) is 1. The first-order valence-corrected chi connectivity index (χ1v) is 7.92. The van der Waals surface area contributed by atoms with Crippen molar-refractivity contribution in [1.29, 1.82) is 5.26 Å². The molecule has 0 saturated carbocycles. The van der Waals surface area contributed by atoms with Crippen molar-refractivity contribution in [3.63, 3.8) is 0 Å². The second kappa shape index (κ2) is 6.61. The lowest BCUT2D eigenvalue weighted by Crippen LogP contribution is -2.47. The molecule has 1 saturated heterocycles. The molecule has 2 aromatic rings. The van der Waals surface area contributed by atoms with Crippen LogP contribution in [0.3, 0.4) is 0 Å². The Balaban J connectivity index is 1.80. The highest BCUT2D eigenvalue weighted by molar-refractivity contribution is 5.74. The molecule has 130 valence electrons. The Morgan fingerprint density at radius 3 is 2.96 bits per heavy atom. The number of carbonyl (C=O) groups excluding carboxylic acids is 1. The molecule has 0 bridgehead atoms. The highest BCUT2D eigenvalue weighted by atomic mass is 19.1. The number of carbonyl (C=O) groups is 1. The minimum Gasteiger partial charge on any atom is -0.342 e. The fraction of sp³-hybridized carbons (Fsp3) is 0.412. The normalized spacial score (nSPS) is 20.4. The van der Waals surface area contributed by atoms with Crippen molar-refractivity contribution in [3.05, 3.63) is 46.9 Å². The van der Waals surface area contributed by atoms with E-state index >= 15 is 0 Å². The van der Waals surface area contributed by atoms with E-state index in [4.69, 9.17) is 9.78 Å². The Hall–Kier alpha value is -2.79. The summed E-state index contributed by atoms with van der Waals surface area (Å²) in [6.45, 7) is 4.60. The van der Waals surface area contributed by atoms with Gasteiger partial charge in [0.15, 0.2) is 5.82 Å². The zero-order chi connectivity index (χ0) is 18.0. The van der Waals surface area contributed by atoms with E-state index in [1.807, 2.05) is 11.0 Å². The number of benzene rings is 1. The van der Waals surface area contributed by atoms with Gasteiger partial charge in [-0.1, -0.05) is 11.2 Å². The van der Waals surface area contributed by atoms with Gasteiger partial charge in [-0.05, 0) is 18.6 Å². The van der Waals surface area contributed by atoms with Gasteiger partial charge < -0.3 is 9.84 Å². The first kappa shape index (κ1) is 17.0. The third kappa shape index (κ3) is 3.51. The van der Waals surface area contributed by atoms with Crippen molar-refractivity contribution >= 4 is 5.91 Å². The molecule has 1 aliphatic rings. The molecule has 3 rings (SSSR count). The van der Waals surface area contributed by atoms with Crippen LogP contribution < -0.4 is 5.32 Å². The van der Waals surface area contributed by atoms with Crippen LogP contribution in [0.15, 0.2) is 22.7 Å². The van der Waals surface area contributed by atoms with Crippen molar-refractivity contribution in [2.45, 2.75) is 32.4 Å². The minimum absolute atomic E-state index is 0.186. The van der Waals surface area contributed by atoms with Gasteiger partial charge >= 0.3 is 0 Å². The van der Waals surface area contributed by atoms with Crippen LogP contribution in [0.5, 0.6) is 0 Å². The molecule has 0 unspecified atom stereocenters. The standard InChI is InChI=1S/C17H18FN5O2/c1-11(24)21-17(16-20-12(2)25-22-16)5-6-23(10-17)9-14-4-3-13(8-19)7-15(14)18/h3-4,7H,5-6,9-10H2,1-2H3,(H,21,24)/t17-/m1/s1. The molecule has 2 heterocycles. The first-order chi connectivity index (χ1) is 11.9. The van der Waals surface area contributed by atoms with E-state index in [0.717, 1.165) is 0 Å². The van der Waals surface area contributed by atoms with E-state index in [0.29, 0.717) is 43.3 Å². The van der Waals surface area contributed by atoms with Crippen LogP contribution in [-0.2, 0) is 16.9 Å². The predicted octanol–water partition coefficient (Wildman–Crippen LogP) is 1.63. The molecule has 1 atom stereocenters. The largest absolute Gasteiger partial charge is 0.342 e. The number of aryl methyl sites for hydroxylation is 1. The third-order valence-electron chi connectivity index (χ3n) is 4.30. The molecule has 1 aromatic carbocycles. The lowest BCUT2D eigenvalue weighted by Gasteiger charge is -2.27. The van der Waals surface area contributed by atoms with Crippen molar-refractivity contribution < 1.29 is 13.7 Å². The van der Waals surface area contributed by atoms with Crippen LogP contribution in [-0.4, -0.2) is 34.0 Å². The predicted molar refractivity (Wildman–Crippen MR) is 85.5 cm³/mol. The number of hydrogen-bond acceptors (Lipinski definition) is 6. The number of rotatable bonds is 4. The van der Waals surface area contributed by atoms with Gasteiger partial charge in [-0.25, -0.2) is 4.39 Å². The van der Waals surface area contributed by atoms with E-state index in [-0.39, 0.29) is 11.5 Å². The molecule has 7 nitrogen and oxygen atoms in total. The monoisotopic (exact) mass is 343 g/mol. The van der Waals surface area contributed by atoms with Gasteiger partial charge in [0, 0.05) is 39.0 Å². The molecule has 0 radical (unpaired) electrons. The van der Waals surface area contributed by atoms with Crippen LogP contribution in [0.2, 0.25) is 0 Å². The molecule has 1 amide bonds. The highest BCUT2D eigenvalue weighted by Crippen LogP contribution is 2.31. The number of nitriles is 1. The maximum Gasteiger partial charge on any atom is 0.223 e. The molecule has 25 heavy (non-hydrogen) atoms. The number of likely N-dealkylation sites (tertiary alicyclic amines) is 1. The van der Waals surface area contributed by atoms with E-state index in [1.54, 1.807) is 19.1 Å². The Morgan fingerprint density at radius 1 is 1.56 bits per heavy atom. The van der Waals surface area contributed by atoms with Gasteiger partial charge in [0.05, 0.1) is 11.6 Å². The van der Waals surface area contributed by atoms with Crippen LogP contribution in [0.25, 0.3) is 0 Å². The molecular weight excluding hydrogens is 325 g/mol. The summed E-state index contributed by atoms with van der Waals surface area (Å²) in [7, 11) is 0. The van der Waals surface area contributed by atoms with Crippen LogP contribution in [0.1, 0.15) is 36.2 Å².